The third-order valence-electron chi connectivity index (χ3n) is 5.10. The van der Waals surface area contributed by atoms with Gasteiger partial charge < -0.3 is 14.6 Å². The Bertz CT molecular complexity index is 865. The highest BCUT2D eigenvalue weighted by atomic mass is 35.5. The van der Waals surface area contributed by atoms with E-state index in [1.54, 1.807) is 0 Å². The summed E-state index contributed by atoms with van der Waals surface area (Å²) < 4.78 is 7.89. The standard InChI is InChI=1S/C22H29ClN4O2S/c1-3-12-27-20(9-6-13-29-19-11-10-17(23)14-16(19)2)25-26-22(27)30-15-21(28)24-18-7-4-5-8-18/h3,10-11,14,18H,1,4-9,12-13,15H2,2H3,(H,24,28). The molecule has 1 aliphatic carbocycles. The van der Waals surface area contributed by atoms with Crippen LogP contribution in [0.4, 0.5) is 0 Å². The number of halogens is 1. The zero-order valence-electron chi connectivity index (χ0n) is 17.4. The number of nitrogens with one attached hydrogen (secondary N) is 1. The molecular formula is C22H29ClN4O2S. The molecule has 0 atom stereocenters. The molecule has 0 aliphatic heterocycles. The Morgan fingerprint density at radius 1 is 1.40 bits per heavy atom. The van der Waals surface area contributed by atoms with E-state index in [-0.39, 0.29) is 5.91 Å². The SMILES string of the molecule is C=CCn1c(CCCOc2ccc(Cl)cc2C)nnc1SCC(=O)NC1CCCC1. The molecule has 0 unspecified atom stereocenters. The molecule has 162 valence electrons. The van der Waals surface area contributed by atoms with Crippen LogP contribution in [0.3, 0.4) is 0 Å². The smallest absolute Gasteiger partial charge is 0.230 e. The number of thioether (sulfide) groups is 1. The molecule has 6 nitrogen and oxygen atoms in total. The number of carbonyl (C=O) groups is 1. The Morgan fingerprint density at radius 3 is 2.93 bits per heavy atom. The molecule has 1 saturated carbocycles. The summed E-state index contributed by atoms with van der Waals surface area (Å²) in [6.45, 7) is 7.01. The van der Waals surface area contributed by atoms with Gasteiger partial charge in [-0.15, -0.1) is 16.8 Å². The molecule has 1 fully saturated rings. The van der Waals surface area contributed by atoms with Crippen LogP contribution in [0.1, 0.15) is 43.5 Å². The molecule has 0 saturated heterocycles. The summed E-state index contributed by atoms with van der Waals surface area (Å²) in [7, 11) is 0. The van der Waals surface area contributed by atoms with Gasteiger partial charge in [0.05, 0.1) is 12.4 Å². The van der Waals surface area contributed by atoms with Crippen molar-refractivity contribution in [1.82, 2.24) is 20.1 Å². The van der Waals surface area contributed by atoms with Crippen molar-refractivity contribution in [3.8, 4) is 5.75 Å². The van der Waals surface area contributed by atoms with Crippen molar-refractivity contribution in [3.63, 3.8) is 0 Å². The summed E-state index contributed by atoms with van der Waals surface area (Å²) in [4.78, 5) is 12.2. The van der Waals surface area contributed by atoms with E-state index in [9.17, 15) is 4.79 Å². The van der Waals surface area contributed by atoms with Crippen molar-refractivity contribution >= 4 is 29.3 Å². The molecular weight excluding hydrogens is 420 g/mol. The molecule has 0 spiro atoms. The third kappa shape index (κ3) is 6.51. The zero-order chi connectivity index (χ0) is 21.3. The second-order valence-corrected chi connectivity index (χ2v) is 8.88. The number of nitrogens with zero attached hydrogens (tertiary/aromatic N) is 3. The van der Waals surface area contributed by atoms with Gasteiger partial charge in [0.25, 0.3) is 0 Å². The number of allylic oxidation sites excluding steroid dienone is 1. The normalized spacial score (nSPS) is 14.1. The van der Waals surface area contributed by atoms with E-state index in [0.717, 1.165) is 48.0 Å². The molecule has 0 radical (unpaired) electrons. The number of carbonyl (C=O) groups excluding carboxylic acids is 1. The Balaban J connectivity index is 1.49. The van der Waals surface area contributed by atoms with Gasteiger partial charge in [-0.1, -0.05) is 42.3 Å². The van der Waals surface area contributed by atoms with Crippen LogP contribution in [0.15, 0.2) is 36.0 Å². The van der Waals surface area contributed by atoms with E-state index in [1.165, 1.54) is 24.6 Å². The predicted molar refractivity (Wildman–Crippen MR) is 121 cm³/mol. The highest BCUT2D eigenvalue weighted by Crippen LogP contribution is 2.23. The Morgan fingerprint density at radius 2 is 2.20 bits per heavy atom. The van der Waals surface area contributed by atoms with E-state index in [0.29, 0.717) is 30.0 Å². The monoisotopic (exact) mass is 448 g/mol. The first kappa shape index (κ1) is 22.7. The van der Waals surface area contributed by atoms with Crippen LogP contribution in [0.5, 0.6) is 5.75 Å². The Hall–Kier alpha value is -1.99. The van der Waals surface area contributed by atoms with Crippen LogP contribution in [0, 0.1) is 6.92 Å². The van der Waals surface area contributed by atoms with Gasteiger partial charge in [0.1, 0.15) is 11.6 Å². The predicted octanol–water partition coefficient (Wildman–Crippen LogP) is 4.59. The number of benzene rings is 1. The number of hydrogen-bond acceptors (Lipinski definition) is 5. The summed E-state index contributed by atoms with van der Waals surface area (Å²) in [5.41, 5.74) is 1.02. The lowest BCUT2D eigenvalue weighted by Gasteiger charge is -2.12. The van der Waals surface area contributed by atoms with Crippen LogP contribution in [0.25, 0.3) is 0 Å². The van der Waals surface area contributed by atoms with E-state index in [1.807, 2.05) is 35.8 Å². The van der Waals surface area contributed by atoms with Gasteiger partial charge in [-0.25, -0.2) is 0 Å². The lowest BCUT2D eigenvalue weighted by Crippen LogP contribution is -2.33. The molecule has 1 aromatic heterocycles. The fraction of sp³-hybridized carbons (Fsp3) is 0.500. The second-order valence-electron chi connectivity index (χ2n) is 7.50. The lowest BCUT2D eigenvalue weighted by atomic mass is 10.2. The number of hydrogen-bond donors (Lipinski definition) is 1. The minimum Gasteiger partial charge on any atom is -0.493 e. The van der Waals surface area contributed by atoms with Gasteiger partial charge in [0.2, 0.25) is 5.91 Å². The van der Waals surface area contributed by atoms with Crippen LogP contribution >= 0.6 is 23.4 Å². The van der Waals surface area contributed by atoms with Crippen molar-refractivity contribution < 1.29 is 9.53 Å². The molecule has 1 heterocycles. The van der Waals surface area contributed by atoms with E-state index in [2.05, 4.69) is 22.1 Å². The van der Waals surface area contributed by atoms with Gasteiger partial charge in [-0.05, 0) is 49.9 Å². The first-order valence-corrected chi connectivity index (χ1v) is 11.8. The average Bonchev–Trinajstić information content (AvgIpc) is 3.35. The molecule has 1 N–H and O–H groups in total. The van der Waals surface area contributed by atoms with Crippen molar-refractivity contribution in [2.24, 2.45) is 0 Å². The quantitative estimate of drug-likeness (QED) is 0.309. The van der Waals surface area contributed by atoms with E-state index in [4.69, 9.17) is 16.3 Å². The fourth-order valence-electron chi connectivity index (χ4n) is 3.58. The minimum absolute atomic E-state index is 0.0633. The molecule has 3 rings (SSSR count). The molecule has 1 aliphatic rings. The van der Waals surface area contributed by atoms with Gasteiger partial charge in [0, 0.05) is 24.0 Å². The van der Waals surface area contributed by atoms with Crippen molar-refractivity contribution in [2.45, 2.75) is 63.2 Å². The maximum Gasteiger partial charge on any atom is 0.230 e. The molecule has 2 aromatic rings. The van der Waals surface area contributed by atoms with Gasteiger partial charge in [-0.3, -0.25) is 4.79 Å². The largest absolute Gasteiger partial charge is 0.493 e. The minimum atomic E-state index is 0.0633. The number of amides is 1. The van der Waals surface area contributed by atoms with Crippen LogP contribution in [0.2, 0.25) is 5.02 Å². The van der Waals surface area contributed by atoms with Gasteiger partial charge in [-0.2, -0.15) is 0 Å². The third-order valence-corrected chi connectivity index (χ3v) is 6.30. The van der Waals surface area contributed by atoms with E-state index < -0.39 is 0 Å². The van der Waals surface area contributed by atoms with Crippen LogP contribution < -0.4 is 10.1 Å². The van der Waals surface area contributed by atoms with Gasteiger partial charge >= 0.3 is 0 Å². The summed E-state index contributed by atoms with van der Waals surface area (Å²) in [6.07, 6.45) is 7.96. The Labute approximate surface area is 187 Å². The number of ether oxygens (including phenoxy) is 1. The zero-order valence-corrected chi connectivity index (χ0v) is 19.0. The summed E-state index contributed by atoms with van der Waals surface area (Å²) in [6, 6.07) is 5.95. The molecule has 30 heavy (non-hydrogen) atoms. The van der Waals surface area contributed by atoms with Crippen LogP contribution in [-0.2, 0) is 17.8 Å². The molecule has 0 bridgehead atoms. The highest BCUT2D eigenvalue weighted by Gasteiger charge is 2.18. The number of rotatable bonds is 11. The number of aromatic nitrogens is 3. The topological polar surface area (TPSA) is 69.0 Å². The summed E-state index contributed by atoms with van der Waals surface area (Å²) in [5, 5.41) is 13.2. The highest BCUT2D eigenvalue weighted by molar-refractivity contribution is 7.99. The first-order valence-electron chi connectivity index (χ1n) is 10.4. The molecule has 1 amide bonds. The fourth-order valence-corrected chi connectivity index (χ4v) is 4.58. The van der Waals surface area contributed by atoms with E-state index >= 15 is 0 Å². The van der Waals surface area contributed by atoms with Crippen LogP contribution in [-0.4, -0.2) is 39.1 Å². The lowest BCUT2D eigenvalue weighted by molar-refractivity contribution is -0.119. The molecule has 8 heteroatoms. The first-order chi connectivity index (χ1) is 14.6. The van der Waals surface area contributed by atoms with Crippen molar-refractivity contribution in [2.75, 3.05) is 12.4 Å². The maximum absolute atomic E-state index is 12.2. The van der Waals surface area contributed by atoms with Crippen molar-refractivity contribution in [3.05, 3.63) is 47.3 Å². The second kappa shape index (κ2) is 11.4. The maximum atomic E-state index is 12.2. The molecule has 1 aromatic carbocycles. The number of aryl methyl sites for hydroxylation is 2. The van der Waals surface area contributed by atoms with Gasteiger partial charge in [0.15, 0.2) is 5.16 Å². The average molecular weight is 449 g/mol. The Kier molecular flexibility index (Phi) is 8.63. The van der Waals surface area contributed by atoms with Crippen molar-refractivity contribution in [1.29, 1.82) is 0 Å². The summed E-state index contributed by atoms with van der Waals surface area (Å²) >= 11 is 7.41. The summed E-state index contributed by atoms with van der Waals surface area (Å²) in [5.74, 6) is 2.14.